The first-order valence-electron chi connectivity index (χ1n) is 9.04. The van der Waals surface area contributed by atoms with E-state index in [1.54, 1.807) is 0 Å². The predicted molar refractivity (Wildman–Crippen MR) is 100 cm³/mol. The van der Waals surface area contributed by atoms with Gasteiger partial charge in [0.2, 0.25) is 0 Å². The summed E-state index contributed by atoms with van der Waals surface area (Å²) in [5, 5.41) is 3.06. The van der Waals surface area contributed by atoms with Crippen molar-refractivity contribution in [3.05, 3.63) is 46.3 Å². The van der Waals surface area contributed by atoms with Gasteiger partial charge in [0, 0.05) is 19.0 Å². The van der Waals surface area contributed by atoms with Crippen molar-refractivity contribution in [2.45, 2.75) is 43.9 Å². The Morgan fingerprint density at radius 2 is 2.12 bits per heavy atom. The van der Waals surface area contributed by atoms with Crippen LogP contribution in [0.25, 0.3) is 0 Å². The number of hydrogen-bond donors (Lipinski definition) is 1. The minimum Gasteiger partial charge on any atom is -0.456 e. The van der Waals surface area contributed by atoms with Gasteiger partial charge in [-0.15, -0.1) is 0 Å². The Labute approximate surface area is 182 Å². The average Bonchev–Trinajstić information content (AvgIpc) is 3.10. The summed E-state index contributed by atoms with van der Waals surface area (Å²) >= 11 is 5.76. The molecule has 2 atom stereocenters. The Balaban J connectivity index is 1.96. The van der Waals surface area contributed by atoms with E-state index in [9.17, 15) is 31.1 Å². The number of ether oxygens (including phenoxy) is 1. The summed E-state index contributed by atoms with van der Waals surface area (Å²) in [6.45, 7) is -3.94. The molecule has 0 unspecified atom stereocenters. The van der Waals surface area contributed by atoms with Crippen molar-refractivity contribution in [1.29, 1.82) is 0 Å². The number of nitrogens with zero attached hydrogens (tertiary/aromatic N) is 4. The number of aromatic nitrogens is 3. The van der Waals surface area contributed by atoms with Gasteiger partial charge in [0.1, 0.15) is 29.4 Å². The quantitative estimate of drug-likeness (QED) is 0.477. The number of Topliss-reactive ketones (excluding diaryl/α,β-unsaturated/α-hetero) is 1. The Bertz CT molecular complexity index is 1060. The summed E-state index contributed by atoms with van der Waals surface area (Å²) in [6, 6.07) is 1.16. The molecule has 2 N–H and O–H groups in total. The van der Waals surface area contributed by atoms with Crippen molar-refractivity contribution >= 4 is 23.4 Å². The number of nitrogens with two attached hydrogens (primary N) is 1. The number of halogens is 7. The van der Waals surface area contributed by atoms with Crippen molar-refractivity contribution in [2.75, 3.05) is 6.67 Å². The molecule has 0 radical (unpaired) electrons. The number of hydrogen-bond acceptors (Lipinski definition) is 6. The van der Waals surface area contributed by atoms with Crippen LogP contribution in [0, 0.1) is 5.82 Å². The monoisotopic (exact) mass is 483 g/mol. The molecule has 1 aliphatic rings. The van der Waals surface area contributed by atoms with Gasteiger partial charge in [-0.25, -0.2) is 27.2 Å². The Hall–Kier alpha value is -2.83. The molecule has 14 heteroatoms. The lowest BCUT2D eigenvalue weighted by Gasteiger charge is -2.37. The smallest absolute Gasteiger partial charge is 0.333 e. The highest BCUT2D eigenvalue weighted by Crippen LogP contribution is 2.40. The van der Waals surface area contributed by atoms with E-state index in [0.717, 1.165) is 18.3 Å². The molecule has 1 aliphatic heterocycles. The number of carbonyl (C=O) groups excluding carboxylic acids is 1. The van der Waals surface area contributed by atoms with Crippen LogP contribution in [0.2, 0.25) is 5.02 Å². The summed E-state index contributed by atoms with van der Waals surface area (Å²) in [5.74, 6) is -5.36. The van der Waals surface area contributed by atoms with Gasteiger partial charge in [-0.1, -0.05) is 11.6 Å². The van der Waals surface area contributed by atoms with E-state index in [0.29, 0.717) is 6.92 Å². The summed E-state index contributed by atoms with van der Waals surface area (Å²) in [7, 11) is 0. The Morgan fingerprint density at radius 1 is 1.44 bits per heavy atom. The van der Waals surface area contributed by atoms with Gasteiger partial charge < -0.3 is 10.5 Å². The standard InChI is InChI=1S/C18H16ClF6N5O2/c1-17(24,25)12-5-18(7-20,28-16(26)32-12)14-10(21)3-2-8(27-14)4-11(31)13-9(19)6-30(29-13)15(22)23/h2-3,6,12,15H,4-5,7H2,1H3,(H2,26,28)/t12-,18+/m0/s1. The van der Waals surface area contributed by atoms with Crippen LogP contribution in [0.1, 0.15) is 41.8 Å². The van der Waals surface area contributed by atoms with E-state index in [1.165, 1.54) is 0 Å². The fourth-order valence-electron chi connectivity index (χ4n) is 3.17. The van der Waals surface area contributed by atoms with Crippen LogP contribution in [0.4, 0.5) is 26.3 Å². The van der Waals surface area contributed by atoms with Crippen LogP contribution in [0.5, 0.6) is 0 Å². The van der Waals surface area contributed by atoms with E-state index in [1.807, 2.05) is 0 Å². The molecule has 0 aliphatic carbocycles. The zero-order valence-corrected chi connectivity index (χ0v) is 17.1. The fourth-order valence-corrected chi connectivity index (χ4v) is 3.41. The minimum atomic E-state index is -3.45. The highest BCUT2D eigenvalue weighted by Gasteiger charge is 2.50. The lowest BCUT2D eigenvalue weighted by atomic mass is 9.86. The summed E-state index contributed by atoms with van der Waals surface area (Å²) in [6.07, 6.45) is -2.50. The second kappa shape index (κ2) is 8.60. The molecule has 0 saturated heterocycles. The number of carbonyl (C=O) groups is 1. The zero-order valence-electron chi connectivity index (χ0n) is 16.3. The van der Waals surface area contributed by atoms with E-state index < -0.39 is 72.6 Å². The van der Waals surface area contributed by atoms with Crippen LogP contribution in [0.3, 0.4) is 0 Å². The van der Waals surface area contributed by atoms with Gasteiger partial charge in [-0.3, -0.25) is 9.78 Å². The number of ketones is 1. The third-order valence-electron chi connectivity index (χ3n) is 4.73. The van der Waals surface area contributed by atoms with Gasteiger partial charge in [0.15, 0.2) is 11.9 Å². The maximum Gasteiger partial charge on any atom is 0.333 e. The SMILES string of the molecule is CC(F)(F)[C@@H]1C[C@@](CF)(c2nc(CC(=O)c3nn(C(F)F)cc3Cl)ccc2F)N=C(N)O1. The third-order valence-corrected chi connectivity index (χ3v) is 5.01. The maximum atomic E-state index is 14.6. The number of amidine groups is 1. The lowest BCUT2D eigenvalue weighted by molar-refractivity contribution is -0.106. The maximum absolute atomic E-state index is 14.6. The van der Waals surface area contributed by atoms with E-state index in [2.05, 4.69) is 15.1 Å². The highest BCUT2D eigenvalue weighted by molar-refractivity contribution is 6.33. The molecule has 0 spiro atoms. The van der Waals surface area contributed by atoms with Crippen molar-refractivity contribution in [2.24, 2.45) is 10.7 Å². The van der Waals surface area contributed by atoms with Crippen LogP contribution >= 0.6 is 11.6 Å². The van der Waals surface area contributed by atoms with Crippen LogP contribution < -0.4 is 5.73 Å². The molecule has 3 rings (SSSR count). The molecule has 3 heterocycles. The van der Waals surface area contributed by atoms with Crippen molar-refractivity contribution in [3.63, 3.8) is 0 Å². The molecule has 32 heavy (non-hydrogen) atoms. The van der Waals surface area contributed by atoms with Gasteiger partial charge in [0.05, 0.1) is 17.6 Å². The Kier molecular flexibility index (Phi) is 6.40. The van der Waals surface area contributed by atoms with E-state index in [-0.39, 0.29) is 15.4 Å². The van der Waals surface area contributed by atoms with Crippen LogP contribution in [0.15, 0.2) is 23.3 Å². The Morgan fingerprint density at radius 3 is 2.69 bits per heavy atom. The van der Waals surface area contributed by atoms with Crippen molar-refractivity contribution < 1.29 is 35.9 Å². The molecule has 2 aromatic rings. The molecule has 2 aromatic heterocycles. The second-order valence-corrected chi connectivity index (χ2v) is 7.61. The van der Waals surface area contributed by atoms with Crippen molar-refractivity contribution in [3.8, 4) is 0 Å². The molecular weight excluding hydrogens is 468 g/mol. The fraction of sp³-hybridized carbons (Fsp3) is 0.444. The van der Waals surface area contributed by atoms with Gasteiger partial charge in [0.25, 0.3) is 11.9 Å². The first kappa shape index (κ1) is 23.8. The van der Waals surface area contributed by atoms with Crippen LogP contribution in [-0.2, 0) is 16.7 Å². The van der Waals surface area contributed by atoms with E-state index >= 15 is 0 Å². The summed E-state index contributed by atoms with van der Waals surface area (Å²) in [4.78, 5) is 20.0. The lowest BCUT2D eigenvalue weighted by Crippen LogP contribution is -2.49. The zero-order chi connectivity index (χ0) is 23.8. The van der Waals surface area contributed by atoms with E-state index in [4.69, 9.17) is 22.1 Å². The molecule has 7 nitrogen and oxygen atoms in total. The molecule has 0 amide bonds. The first-order valence-corrected chi connectivity index (χ1v) is 9.42. The number of alkyl halides is 5. The number of pyridine rings is 1. The van der Waals surface area contributed by atoms with Gasteiger partial charge in [-0.2, -0.15) is 13.9 Å². The summed E-state index contributed by atoms with van der Waals surface area (Å²) in [5.41, 5.74) is 1.96. The van der Waals surface area contributed by atoms with Gasteiger partial charge in [-0.05, 0) is 12.1 Å². The minimum absolute atomic E-state index is 0.123. The molecular formula is C18H16ClF6N5O2. The highest BCUT2D eigenvalue weighted by atomic mass is 35.5. The average molecular weight is 484 g/mol. The molecule has 174 valence electrons. The largest absolute Gasteiger partial charge is 0.456 e. The predicted octanol–water partition coefficient (Wildman–Crippen LogP) is 3.81. The topological polar surface area (TPSA) is 95.4 Å². The number of aliphatic imine (C=N–C) groups is 1. The molecule has 0 saturated carbocycles. The summed E-state index contributed by atoms with van der Waals surface area (Å²) < 4.78 is 86.7. The second-order valence-electron chi connectivity index (χ2n) is 7.20. The van der Waals surface area contributed by atoms with Gasteiger partial charge >= 0.3 is 6.55 Å². The molecule has 0 fully saturated rings. The normalized spacial score (nSPS) is 21.4. The molecule has 0 bridgehead atoms. The molecule has 0 aromatic carbocycles. The van der Waals surface area contributed by atoms with Crippen molar-refractivity contribution in [1.82, 2.24) is 14.8 Å². The van der Waals surface area contributed by atoms with Crippen LogP contribution in [-0.4, -0.2) is 45.3 Å². The first-order chi connectivity index (χ1) is 14.9. The third kappa shape index (κ3) is 4.66. The number of rotatable bonds is 7.